The van der Waals surface area contributed by atoms with Crippen molar-refractivity contribution in [1.29, 1.82) is 0 Å². The highest BCUT2D eigenvalue weighted by Gasteiger charge is 2.42. The van der Waals surface area contributed by atoms with Crippen molar-refractivity contribution >= 4 is 0 Å². The van der Waals surface area contributed by atoms with E-state index in [2.05, 4.69) is 27.7 Å². The lowest BCUT2D eigenvalue weighted by Crippen LogP contribution is -2.57. The average molecular weight is 389 g/mol. The monoisotopic (exact) mass is 388 g/mol. The van der Waals surface area contributed by atoms with Crippen molar-refractivity contribution in [2.75, 3.05) is 39.6 Å². The van der Waals surface area contributed by atoms with Gasteiger partial charge in [-0.15, -0.1) is 0 Å². The summed E-state index contributed by atoms with van der Waals surface area (Å²) in [4.78, 5) is 0. The van der Waals surface area contributed by atoms with E-state index in [9.17, 15) is 0 Å². The molecule has 0 N–H and O–H groups in total. The Morgan fingerprint density at radius 2 is 1.19 bits per heavy atom. The first-order valence-corrected chi connectivity index (χ1v) is 11.3. The van der Waals surface area contributed by atoms with Crippen molar-refractivity contribution < 1.29 is 23.7 Å². The second kappa shape index (κ2) is 16.7. The van der Waals surface area contributed by atoms with Gasteiger partial charge in [0, 0.05) is 26.4 Å². The standard InChI is InChI=1S/C22H44O5/c1-5-9-13-23-17-19-21(25-15-11-7-3)22(26-16-12-8-4)20(18-27-19)24-14-10-6-2/h19-22H,5-18H2,1-4H3/t19-,20-,21-,22-/m1/s1. The summed E-state index contributed by atoms with van der Waals surface area (Å²) in [6, 6.07) is 0. The van der Waals surface area contributed by atoms with E-state index < -0.39 is 0 Å². The Hall–Kier alpha value is -0.200. The molecule has 1 aliphatic rings. The molecule has 1 aliphatic heterocycles. The molecular formula is C22H44O5. The fourth-order valence-corrected chi connectivity index (χ4v) is 3.07. The van der Waals surface area contributed by atoms with E-state index in [1.165, 1.54) is 0 Å². The van der Waals surface area contributed by atoms with E-state index in [0.717, 1.165) is 77.8 Å². The molecule has 0 spiro atoms. The van der Waals surface area contributed by atoms with Crippen LogP contribution in [0.4, 0.5) is 0 Å². The van der Waals surface area contributed by atoms with Gasteiger partial charge in [0.2, 0.25) is 0 Å². The van der Waals surface area contributed by atoms with Crippen LogP contribution in [0, 0.1) is 0 Å². The smallest absolute Gasteiger partial charge is 0.115 e. The zero-order chi connectivity index (χ0) is 19.7. The van der Waals surface area contributed by atoms with Crippen molar-refractivity contribution in [3.63, 3.8) is 0 Å². The quantitative estimate of drug-likeness (QED) is 0.336. The van der Waals surface area contributed by atoms with Gasteiger partial charge in [-0.25, -0.2) is 0 Å². The molecule has 1 saturated heterocycles. The van der Waals surface area contributed by atoms with Gasteiger partial charge >= 0.3 is 0 Å². The molecule has 0 aromatic carbocycles. The molecule has 1 rings (SSSR count). The Morgan fingerprint density at radius 3 is 1.78 bits per heavy atom. The first-order valence-electron chi connectivity index (χ1n) is 11.3. The molecule has 0 aromatic heterocycles. The normalized spacial score (nSPS) is 25.8. The topological polar surface area (TPSA) is 46.2 Å². The molecule has 0 saturated carbocycles. The van der Waals surface area contributed by atoms with E-state index in [4.69, 9.17) is 23.7 Å². The van der Waals surface area contributed by atoms with Gasteiger partial charge in [0.15, 0.2) is 0 Å². The summed E-state index contributed by atoms with van der Waals surface area (Å²) < 4.78 is 30.7. The third-order valence-electron chi connectivity index (χ3n) is 4.90. The van der Waals surface area contributed by atoms with Crippen LogP contribution in [0.3, 0.4) is 0 Å². The lowest BCUT2D eigenvalue weighted by Gasteiger charge is -2.42. The molecule has 0 aliphatic carbocycles. The lowest BCUT2D eigenvalue weighted by molar-refractivity contribution is -0.239. The van der Waals surface area contributed by atoms with Crippen LogP contribution in [0.25, 0.3) is 0 Å². The molecule has 5 heteroatoms. The van der Waals surface area contributed by atoms with Gasteiger partial charge < -0.3 is 23.7 Å². The van der Waals surface area contributed by atoms with Gasteiger partial charge in [-0.05, 0) is 25.7 Å². The Kier molecular flexibility index (Phi) is 15.4. The molecule has 1 heterocycles. The van der Waals surface area contributed by atoms with E-state index in [1.54, 1.807) is 0 Å². The number of unbranched alkanes of at least 4 members (excludes halogenated alkanes) is 4. The van der Waals surface area contributed by atoms with E-state index >= 15 is 0 Å². The van der Waals surface area contributed by atoms with Crippen LogP contribution < -0.4 is 0 Å². The predicted molar refractivity (Wildman–Crippen MR) is 109 cm³/mol. The van der Waals surface area contributed by atoms with Gasteiger partial charge in [-0.1, -0.05) is 53.4 Å². The van der Waals surface area contributed by atoms with Crippen molar-refractivity contribution in [3.8, 4) is 0 Å². The fraction of sp³-hybridized carbons (Fsp3) is 1.00. The zero-order valence-electron chi connectivity index (χ0n) is 18.3. The van der Waals surface area contributed by atoms with Crippen molar-refractivity contribution in [2.24, 2.45) is 0 Å². The molecule has 0 radical (unpaired) electrons. The average Bonchev–Trinajstić information content (AvgIpc) is 2.68. The second-order valence-corrected chi connectivity index (χ2v) is 7.44. The van der Waals surface area contributed by atoms with Crippen LogP contribution in [-0.2, 0) is 23.7 Å². The summed E-state index contributed by atoms with van der Waals surface area (Å²) in [5.74, 6) is 0. The molecule has 5 nitrogen and oxygen atoms in total. The maximum Gasteiger partial charge on any atom is 0.115 e. The summed E-state index contributed by atoms with van der Waals surface area (Å²) in [6.45, 7) is 12.8. The van der Waals surface area contributed by atoms with Gasteiger partial charge in [0.25, 0.3) is 0 Å². The fourth-order valence-electron chi connectivity index (χ4n) is 3.07. The van der Waals surface area contributed by atoms with Gasteiger partial charge in [-0.3, -0.25) is 0 Å². The Bertz CT molecular complexity index is 326. The number of rotatable bonds is 17. The molecule has 0 amide bonds. The lowest BCUT2D eigenvalue weighted by atomic mass is 9.99. The minimum Gasteiger partial charge on any atom is -0.379 e. The Morgan fingerprint density at radius 1 is 0.667 bits per heavy atom. The Labute approximate surface area is 167 Å². The van der Waals surface area contributed by atoms with E-state index in [1.807, 2.05) is 0 Å². The minimum absolute atomic E-state index is 0.0630. The van der Waals surface area contributed by atoms with Gasteiger partial charge in [0.1, 0.15) is 24.4 Å². The Balaban J connectivity index is 2.72. The van der Waals surface area contributed by atoms with Crippen LogP contribution >= 0.6 is 0 Å². The van der Waals surface area contributed by atoms with Gasteiger partial charge in [0.05, 0.1) is 13.2 Å². The summed E-state index contributed by atoms with van der Waals surface area (Å²) in [6.07, 6.45) is 8.37. The first kappa shape index (κ1) is 24.8. The highest BCUT2D eigenvalue weighted by atomic mass is 16.6. The molecule has 1 fully saturated rings. The highest BCUT2D eigenvalue weighted by molar-refractivity contribution is 4.90. The SMILES string of the molecule is CCCCOC[C@H]1OC[C@@H](OCCCC)[C@@H](OCCCC)[C@@H]1OCCCC. The molecule has 162 valence electrons. The summed E-state index contributed by atoms with van der Waals surface area (Å²) >= 11 is 0. The van der Waals surface area contributed by atoms with E-state index in [-0.39, 0.29) is 24.4 Å². The minimum atomic E-state index is -0.129. The largest absolute Gasteiger partial charge is 0.379 e. The zero-order valence-corrected chi connectivity index (χ0v) is 18.3. The molecular weight excluding hydrogens is 344 g/mol. The van der Waals surface area contributed by atoms with Crippen molar-refractivity contribution in [1.82, 2.24) is 0 Å². The van der Waals surface area contributed by atoms with Crippen LogP contribution in [0.2, 0.25) is 0 Å². The second-order valence-electron chi connectivity index (χ2n) is 7.44. The van der Waals surface area contributed by atoms with E-state index in [0.29, 0.717) is 13.2 Å². The number of ether oxygens (including phenoxy) is 5. The summed E-state index contributed by atoms with van der Waals surface area (Å²) in [5, 5.41) is 0. The molecule has 4 atom stereocenters. The molecule has 27 heavy (non-hydrogen) atoms. The van der Waals surface area contributed by atoms with Crippen LogP contribution in [0.5, 0.6) is 0 Å². The van der Waals surface area contributed by atoms with Crippen LogP contribution in [0.1, 0.15) is 79.1 Å². The van der Waals surface area contributed by atoms with Crippen LogP contribution in [0.15, 0.2) is 0 Å². The van der Waals surface area contributed by atoms with Crippen LogP contribution in [-0.4, -0.2) is 64.1 Å². The molecule has 0 unspecified atom stereocenters. The predicted octanol–water partition coefficient (Wildman–Crippen LogP) is 4.76. The first-order chi connectivity index (χ1) is 13.3. The number of hydrogen-bond acceptors (Lipinski definition) is 5. The van der Waals surface area contributed by atoms with Crippen molar-refractivity contribution in [3.05, 3.63) is 0 Å². The molecule has 0 aromatic rings. The number of hydrogen-bond donors (Lipinski definition) is 0. The maximum atomic E-state index is 6.28. The summed E-state index contributed by atoms with van der Waals surface area (Å²) in [5.41, 5.74) is 0. The molecule has 0 bridgehead atoms. The van der Waals surface area contributed by atoms with Crippen molar-refractivity contribution in [2.45, 2.75) is 103 Å². The van der Waals surface area contributed by atoms with Gasteiger partial charge in [-0.2, -0.15) is 0 Å². The third kappa shape index (κ3) is 10.2. The summed E-state index contributed by atoms with van der Waals surface area (Å²) in [7, 11) is 0. The highest BCUT2D eigenvalue weighted by Crippen LogP contribution is 2.25. The third-order valence-corrected chi connectivity index (χ3v) is 4.90. The maximum absolute atomic E-state index is 6.28.